The minimum atomic E-state index is -0.243. The van der Waals surface area contributed by atoms with Crippen LogP contribution < -0.4 is 14.2 Å². The largest absolute Gasteiger partial charge is 0.493 e. The van der Waals surface area contributed by atoms with Crippen molar-refractivity contribution in [3.63, 3.8) is 0 Å². The van der Waals surface area contributed by atoms with E-state index in [1.165, 1.54) is 0 Å². The summed E-state index contributed by atoms with van der Waals surface area (Å²) in [6.45, 7) is 5.56. The second kappa shape index (κ2) is 3.85. The van der Waals surface area contributed by atoms with E-state index in [1.807, 2.05) is 25.1 Å². The Morgan fingerprint density at radius 1 is 1.47 bits per heavy atom. The van der Waals surface area contributed by atoms with E-state index < -0.39 is 0 Å². The molecule has 0 saturated heterocycles. The maximum atomic E-state index is 5.50. The zero-order valence-electron chi connectivity index (χ0n) is 8.95. The van der Waals surface area contributed by atoms with Crippen LogP contribution in [0.5, 0.6) is 17.2 Å². The number of fused-ring (bicyclic) bond motifs is 1. The molecule has 0 spiro atoms. The number of allylic oxidation sites excluding steroid dienone is 1. The fourth-order valence-electron chi connectivity index (χ4n) is 1.64. The molecule has 0 saturated carbocycles. The van der Waals surface area contributed by atoms with Gasteiger partial charge in [-0.1, -0.05) is 6.08 Å². The molecule has 0 aromatic heterocycles. The monoisotopic (exact) mass is 206 g/mol. The molecule has 0 amide bonds. The molecule has 1 aliphatic heterocycles. The van der Waals surface area contributed by atoms with Crippen LogP contribution in [0, 0.1) is 0 Å². The van der Waals surface area contributed by atoms with Crippen molar-refractivity contribution in [2.75, 3.05) is 7.11 Å². The van der Waals surface area contributed by atoms with E-state index in [0.29, 0.717) is 11.5 Å². The van der Waals surface area contributed by atoms with Gasteiger partial charge in [-0.2, -0.15) is 0 Å². The normalized spacial score (nSPS) is 17.6. The molecule has 1 aliphatic rings. The van der Waals surface area contributed by atoms with E-state index in [2.05, 4.69) is 6.58 Å². The lowest BCUT2D eigenvalue weighted by Crippen LogP contribution is -2.11. The summed E-state index contributed by atoms with van der Waals surface area (Å²) < 4.78 is 16.2. The quantitative estimate of drug-likeness (QED) is 0.711. The van der Waals surface area contributed by atoms with Crippen LogP contribution >= 0.6 is 0 Å². The fraction of sp³-hybridized carbons (Fsp3) is 0.333. The first-order chi connectivity index (χ1) is 7.24. The third-order valence-corrected chi connectivity index (χ3v) is 2.26. The minimum Gasteiger partial charge on any atom is -0.493 e. The van der Waals surface area contributed by atoms with Gasteiger partial charge in [0.2, 0.25) is 12.0 Å². The Morgan fingerprint density at radius 3 is 2.93 bits per heavy atom. The molecular formula is C12H14O3. The van der Waals surface area contributed by atoms with Gasteiger partial charge in [0.25, 0.3) is 0 Å². The van der Waals surface area contributed by atoms with Crippen molar-refractivity contribution in [3.05, 3.63) is 30.4 Å². The van der Waals surface area contributed by atoms with Crippen LogP contribution in [-0.2, 0) is 6.42 Å². The van der Waals surface area contributed by atoms with Crippen LogP contribution in [0.3, 0.4) is 0 Å². The zero-order valence-corrected chi connectivity index (χ0v) is 8.95. The zero-order chi connectivity index (χ0) is 10.8. The number of benzene rings is 1. The highest BCUT2D eigenvalue weighted by atomic mass is 16.7. The Morgan fingerprint density at radius 2 is 2.27 bits per heavy atom. The molecule has 1 unspecified atom stereocenters. The summed E-state index contributed by atoms with van der Waals surface area (Å²) in [5, 5.41) is 0. The lowest BCUT2D eigenvalue weighted by molar-refractivity contribution is 0.0664. The van der Waals surface area contributed by atoms with Crippen LogP contribution in [0.2, 0.25) is 0 Å². The van der Waals surface area contributed by atoms with Gasteiger partial charge in [0.15, 0.2) is 11.5 Å². The van der Waals surface area contributed by atoms with Crippen molar-refractivity contribution in [2.45, 2.75) is 19.6 Å². The van der Waals surface area contributed by atoms with E-state index in [1.54, 1.807) is 7.11 Å². The number of hydrogen-bond donors (Lipinski definition) is 0. The van der Waals surface area contributed by atoms with Crippen molar-refractivity contribution in [3.8, 4) is 17.2 Å². The topological polar surface area (TPSA) is 27.7 Å². The van der Waals surface area contributed by atoms with Gasteiger partial charge < -0.3 is 14.2 Å². The molecule has 1 atom stereocenters. The summed E-state index contributed by atoms with van der Waals surface area (Å²) in [5.74, 6) is 2.16. The number of ether oxygens (including phenoxy) is 3. The third kappa shape index (κ3) is 1.77. The van der Waals surface area contributed by atoms with Crippen molar-refractivity contribution in [1.29, 1.82) is 0 Å². The van der Waals surface area contributed by atoms with Gasteiger partial charge in [-0.05, 0) is 24.1 Å². The highest BCUT2D eigenvalue weighted by Gasteiger charge is 2.24. The molecule has 0 aliphatic carbocycles. The first-order valence-electron chi connectivity index (χ1n) is 4.89. The molecule has 0 N–H and O–H groups in total. The molecule has 1 aromatic carbocycles. The maximum Gasteiger partial charge on any atom is 0.239 e. The van der Waals surface area contributed by atoms with Crippen LogP contribution in [0.4, 0.5) is 0 Å². The Bertz CT molecular complexity index is 385. The van der Waals surface area contributed by atoms with Gasteiger partial charge in [-0.25, -0.2) is 0 Å². The Labute approximate surface area is 89.3 Å². The summed E-state index contributed by atoms with van der Waals surface area (Å²) >= 11 is 0. The van der Waals surface area contributed by atoms with Crippen molar-refractivity contribution in [2.24, 2.45) is 0 Å². The van der Waals surface area contributed by atoms with E-state index in [0.717, 1.165) is 17.7 Å². The standard InChI is InChI=1S/C12H14O3/c1-4-5-9-6-10(13-3)12-11(7-9)14-8(2)15-12/h4,6-8H,1,5H2,2-3H3. The smallest absolute Gasteiger partial charge is 0.239 e. The molecule has 15 heavy (non-hydrogen) atoms. The van der Waals surface area contributed by atoms with Gasteiger partial charge in [-0.15, -0.1) is 6.58 Å². The van der Waals surface area contributed by atoms with Crippen LogP contribution in [0.25, 0.3) is 0 Å². The molecule has 0 radical (unpaired) electrons. The summed E-state index contributed by atoms with van der Waals surface area (Å²) in [7, 11) is 1.62. The summed E-state index contributed by atoms with van der Waals surface area (Å²) in [5.41, 5.74) is 1.11. The molecule has 0 fully saturated rings. The van der Waals surface area contributed by atoms with Crippen molar-refractivity contribution < 1.29 is 14.2 Å². The van der Waals surface area contributed by atoms with Crippen LogP contribution in [0.1, 0.15) is 12.5 Å². The molecular weight excluding hydrogens is 192 g/mol. The van der Waals surface area contributed by atoms with Crippen molar-refractivity contribution in [1.82, 2.24) is 0 Å². The average Bonchev–Trinajstić information content (AvgIpc) is 2.57. The lowest BCUT2D eigenvalue weighted by Gasteiger charge is -2.06. The highest BCUT2D eigenvalue weighted by molar-refractivity contribution is 5.55. The molecule has 1 heterocycles. The molecule has 3 heteroatoms. The summed E-state index contributed by atoms with van der Waals surface area (Å²) in [6, 6.07) is 3.91. The van der Waals surface area contributed by atoms with Gasteiger partial charge in [0.1, 0.15) is 0 Å². The second-order valence-corrected chi connectivity index (χ2v) is 3.42. The number of methoxy groups -OCH3 is 1. The minimum absolute atomic E-state index is 0.243. The van der Waals surface area contributed by atoms with Crippen LogP contribution in [-0.4, -0.2) is 13.4 Å². The molecule has 1 aromatic rings. The summed E-state index contributed by atoms with van der Waals surface area (Å²) in [4.78, 5) is 0. The van der Waals surface area contributed by atoms with E-state index in [4.69, 9.17) is 14.2 Å². The fourth-order valence-corrected chi connectivity index (χ4v) is 1.64. The number of hydrogen-bond acceptors (Lipinski definition) is 3. The lowest BCUT2D eigenvalue weighted by atomic mass is 10.1. The Balaban J connectivity index is 2.42. The van der Waals surface area contributed by atoms with Gasteiger partial charge in [-0.3, -0.25) is 0 Å². The van der Waals surface area contributed by atoms with E-state index in [9.17, 15) is 0 Å². The van der Waals surface area contributed by atoms with Gasteiger partial charge in [0.05, 0.1) is 7.11 Å². The molecule has 2 rings (SSSR count). The maximum absolute atomic E-state index is 5.50. The predicted molar refractivity (Wildman–Crippen MR) is 57.6 cm³/mol. The molecule has 80 valence electrons. The molecule has 3 nitrogen and oxygen atoms in total. The summed E-state index contributed by atoms with van der Waals surface area (Å²) in [6.07, 6.45) is 2.40. The van der Waals surface area contributed by atoms with Gasteiger partial charge >= 0.3 is 0 Å². The number of rotatable bonds is 3. The average molecular weight is 206 g/mol. The predicted octanol–water partition coefficient (Wildman–Crippen LogP) is 2.54. The Hall–Kier alpha value is -1.64. The van der Waals surface area contributed by atoms with Crippen molar-refractivity contribution >= 4 is 0 Å². The third-order valence-electron chi connectivity index (χ3n) is 2.26. The SMILES string of the molecule is C=CCc1cc(OC)c2c(c1)OC(C)O2. The van der Waals surface area contributed by atoms with E-state index in [-0.39, 0.29) is 6.29 Å². The van der Waals surface area contributed by atoms with Gasteiger partial charge in [0, 0.05) is 6.92 Å². The molecule has 0 bridgehead atoms. The first-order valence-corrected chi connectivity index (χ1v) is 4.89. The first kappa shape index (κ1) is 9.90. The second-order valence-electron chi connectivity index (χ2n) is 3.42. The Kier molecular flexibility index (Phi) is 2.54. The van der Waals surface area contributed by atoms with Crippen LogP contribution in [0.15, 0.2) is 24.8 Å². The van der Waals surface area contributed by atoms with E-state index >= 15 is 0 Å². The highest BCUT2D eigenvalue weighted by Crippen LogP contribution is 2.43.